The van der Waals surface area contributed by atoms with E-state index in [9.17, 15) is 8.78 Å². The first-order chi connectivity index (χ1) is 9.04. The van der Waals surface area contributed by atoms with Gasteiger partial charge < -0.3 is 5.32 Å². The van der Waals surface area contributed by atoms with Crippen LogP contribution in [0.3, 0.4) is 0 Å². The summed E-state index contributed by atoms with van der Waals surface area (Å²) in [6.07, 6.45) is 1.04. The summed E-state index contributed by atoms with van der Waals surface area (Å²) in [5.41, 5.74) is 0.695. The van der Waals surface area contributed by atoms with Crippen LogP contribution in [0.15, 0.2) is 34.2 Å². The lowest BCUT2D eigenvalue weighted by Crippen LogP contribution is -2.22. The molecule has 6 heteroatoms. The monoisotopic (exact) mass is 302 g/mol. The normalized spacial score (nSPS) is 23.3. The number of rotatable bonds is 3. The summed E-state index contributed by atoms with van der Waals surface area (Å²) >= 11 is 2.21. The molecule has 0 bridgehead atoms. The van der Waals surface area contributed by atoms with Crippen molar-refractivity contribution in [1.29, 1.82) is 0 Å². The molecular weight excluding hydrogens is 286 g/mol. The summed E-state index contributed by atoms with van der Waals surface area (Å²) in [6.45, 7) is 4.22. The SMILES string of the molecule is CC1CC(C)SC(Nc2ccccc2SC(F)F)=N1. The molecule has 19 heavy (non-hydrogen) atoms. The van der Waals surface area contributed by atoms with Gasteiger partial charge in [-0.25, -0.2) is 0 Å². The van der Waals surface area contributed by atoms with Crippen molar-refractivity contribution in [2.45, 2.75) is 42.2 Å². The van der Waals surface area contributed by atoms with Crippen LogP contribution < -0.4 is 5.32 Å². The minimum Gasteiger partial charge on any atom is -0.334 e. The van der Waals surface area contributed by atoms with Crippen LogP contribution in [-0.4, -0.2) is 22.2 Å². The van der Waals surface area contributed by atoms with Crippen LogP contribution in [0.2, 0.25) is 0 Å². The van der Waals surface area contributed by atoms with Gasteiger partial charge in [0.2, 0.25) is 0 Å². The van der Waals surface area contributed by atoms with Gasteiger partial charge in [-0.2, -0.15) is 8.78 Å². The number of anilines is 1. The van der Waals surface area contributed by atoms with Gasteiger partial charge in [-0.1, -0.05) is 42.6 Å². The van der Waals surface area contributed by atoms with Gasteiger partial charge in [-0.3, -0.25) is 4.99 Å². The van der Waals surface area contributed by atoms with E-state index in [1.54, 1.807) is 30.0 Å². The Bertz CT molecular complexity index is 466. The molecule has 0 fully saturated rings. The topological polar surface area (TPSA) is 24.4 Å². The maximum absolute atomic E-state index is 12.5. The zero-order valence-corrected chi connectivity index (χ0v) is 12.4. The molecule has 1 aliphatic heterocycles. The van der Waals surface area contributed by atoms with E-state index in [1.165, 1.54) is 0 Å². The van der Waals surface area contributed by atoms with Crippen LogP contribution in [0.25, 0.3) is 0 Å². The lowest BCUT2D eigenvalue weighted by molar-refractivity contribution is 0.252. The number of para-hydroxylation sites is 1. The molecule has 0 aromatic heterocycles. The van der Waals surface area contributed by atoms with Crippen molar-refractivity contribution in [3.63, 3.8) is 0 Å². The van der Waals surface area contributed by atoms with Crippen molar-refractivity contribution < 1.29 is 8.78 Å². The summed E-state index contributed by atoms with van der Waals surface area (Å²) < 4.78 is 25.0. The van der Waals surface area contributed by atoms with E-state index < -0.39 is 5.76 Å². The number of halogens is 2. The molecule has 0 aliphatic carbocycles. The molecule has 0 radical (unpaired) electrons. The number of hydrogen-bond acceptors (Lipinski definition) is 4. The van der Waals surface area contributed by atoms with Gasteiger partial charge in [-0.15, -0.1) is 0 Å². The highest BCUT2D eigenvalue weighted by molar-refractivity contribution is 8.14. The number of benzene rings is 1. The first kappa shape index (κ1) is 14.7. The molecule has 104 valence electrons. The van der Waals surface area contributed by atoms with E-state index in [1.807, 2.05) is 6.07 Å². The van der Waals surface area contributed by atoms with Gasteiger partial charge in [0.15, 0.2) is 5.17 Å². The summed E-state index contributed by atoms with van der Waals surface area (Å²) in [5.74, 6) is -2.42. The molecule has 1 aromatic rings. The van der Waals surface area contributed by atoms with E-state index in [-0.39, 0.29) is 6.04 Å². The molecule has 0 spiro atoms. The molecule has 0 saturated heterocycles. The van der Waals surface area contributed by atoms with Gasteiger partial charge in [0.05, 0.1) is 11.7 Å². The van der Waals surface area contributed by atoms with Crippen LogP contribution in [0, 0.1) is 0 Å². The molecular formula is C13H16F2N2S2. The number of nitrogens with zero attached hydrogens (tertiary/aromatic N) is 1. The second kappa shape index (κ2) is 6.61. The molecule has 2 nitrogen and oxygen atoms in total. The Kier molecular flexibility index (Phi) is 5.10. The second-order valence-electron chi connectivity index (χ2n) is 4.45. The highest BCUT2D eigenvalue weighted by atomic mass is 32.2. The molecule has 0 amide bonds. The van der Waals surface area contributed by atoms with Crippen molar-refractivity contribution in [3.05, 3.63) is 24.3 Å². The maximum atomic E-state index is 12.5. The molecule has 0 saturated carbocycles. The number of nitrogens with one attached hydrogen (secondary N) is 1. The van der Waals surface area contributed by atoms with E-state index in [0.29, 0.717) is 27.6 Å². The first-order valence-corrected chi connectivity index (χ1v) is 7.86. The lowest BCUT2D eigenvalue weighted by atomic mass is 10.2. The average molecular weight is 302 g/mol. The van der Waals surface area contributed by atoms with Crippen LogP contribution in [0.4, 0.5) is 14.5 Å². The van der Waals surface area contributed by atoms with Gasteiger partial charge in [0.25, 0.3) is 5.76 Å². The molecule has 2 rings (SSSR count). The Morgan fingerprint density at radius 2 is 2.11 bits per heavy atom. The second-order valence-corrected chi connectivity index (χ2v) is 6.91. The lowest BCUT2D eigenvalue weighted by Gasteiger charge is -2.23. The van der Waals surface area contributed by atoms with Crippen molar-refractivity contribution in [2.75, 3.05) is 5.32 Å². The standard InChI is InChI=1S/C13H16F2N2S2/c1-8-7-9(2)18-13(16-8)17-10-5-3-4-6-11(10)19-12(14)15/h3-6,8-9,12H,7H2,1-2H3,(H,16,17). The third kappa shape index (κ3) is 4.38. The van der Waals surface area contributed by atoms with E-state index in [0.717, 1.165) is 11.6 Å². The predicted octanol–water partition coefficient (Wildman–Crippen LogP) is 4.68. The predicted molar refractivity (Wildman–Crippen MR) is 80.5 cm³/mol. The maximum Gasteiger partial charge on any atom is 0.288 e. The number of amidine groups is 1. The Hall–Kier alpha value is -0.750. The highest BCUT2D eigenvalue weighted by Crippen LogP contribution is 2.33. The number of alkyl halides is 2. The van der Waals surface area contributed by atoms with Crippen molar-refractivity contribution in [2.24, 2.45) is 4.99 Å². The van der Waals surface area contributed by atoms with Crippen molar-refractivity contribution in [3.8, 4) is 0 Å². The summed E-state index contributed by atoms with van der Waals surface area (Å²) in [6, 6.07) is 7.36. The fourth-order valence-corrected chi connectivity index (χ4v) is 3.71. The van der Waals surface area contributed by atoms with Crippen molar-refractivity contribution >= 4 is 34.4 Å². The molecule has 1 aliphatic rings. The van der Waals surface area contributed by atoms with Crippen molar-refractivity contribution in [1.82, 2.24) is 0 Å². The minimum absolute atomic E-state index is 0.272. The average Bonchev–Trinajstić information content (AvgIpc) is 2.29. The van der Waals surface area contributed by atoms with E-state index >= 15 is 0 Å². The number of thioether (sulfide) groups is 2. The zero-order chi connectivity index (χ0) is 13.8. The third-order valence-electron chi connectivity index (χ3n) is 2.67. The first-order valence-electron chi connectivity index (χ1n) is 6.10. The summed E-state index contributed by atoms with van der Waals surface area (Å²) in [5, 5.41) is 4.48. The fourth-order valence-electron chi connectivity index (χ4n) is 1.95. The summed E-state index contributed by atoms with van der Waals surface area (Å²) in [7, 11) is 0. The Balaban J connectivity index is 2.14. The van der Waals surface area contributed by atoms with Crippen LogP contribution in [0.1, 0.15) is 20.3 Å². The quantitative estimate of drug-likeness (QED) is 0.820. The Morgan fingerprint density at radius 3 is 2.79 bits per heavy atom. The van der Waals surface area contributed by atoms with E-state index in [2.05, 4.69) is 24.2 Å². The molecule has 2 unspecified atom stereocenters. The smallest absolute Gasteiger partial charge is 0.288 e. The van der Waals surface area contributed by atoms with Gasteiger partial charge in [0.1, 0.15) is 0 Å². The zero-order valence-electron chi connectivity index (χ0n) is 10.8. The Morgan fingerprint density at radius 1 is 1.37 bits per heavy atom. The Labute approximate surface area is 120 Å². The molecule has 2 atom stereocenters. The largest absolute Gasteiger partial charge is 0.334 e. The van der Waals surface area contributed by atoms with Crippen LogP contribution in [-0.2, 0) is 0 Å². The van der Waals surface area contributed by atoms with E-state index in [4.69, 9.17) is 0 Å². The van der Waals surface area contributed by atoms with Gasteiger partial charge >= 0.3 is 0 Å². The number of aliphatic imine (C=N–C) groups is 1. The van der Waals surface area contributed by atoms with Gasteiger partial charge in [0, 0.05) is 10.1 Å². The van der Waals surface area contributed by atoms with Crippen LogP contribution in [0.5, 0.6) is 0 Å². The summed E-state index contributed by atoms with van der Waals surface area (Å²) in [4.78, 5) is 5.07. The molecule has 1 aromatic carbocycles. The molecule has 1 N–H and O–H groups in total. The minimum atomic E-state index is -2.42. The number of hydrogen-bond donors (Lipinski definition) is 1. The van der Waals surface area contributed by atoms with Crippen LogP contribution >= 0.6 is 23.5 Å². The van der Waals surface area contributed by atoms with Gasteiger partial charge in [-0.05, 0) is 25.5 Å². The third-order valence-corrected chi connectivity index (χ3v) is 4.48. The molecule has 1 heterocycles. The fraction of sp³-hybridized carbons (Fsp3) is 0.462. The highest BCUT2D eigenvalue weighted by Gasteiger charge is 2.19.